The van der Waals surface area contributed by atoms with Crippen molar-refractivity contribution in [3.8, 4) is 22.7 Å². The molecule has 1 N–H and O–H groups in total. The summed E-state index contributed by atoms with van der Waals surface area (Å²) in [5, 5.41) is 23.4. The van der Waals surface area contributed by atoms with Crippen molar-refractivity contribution < 1.29 is 23.6 Å². The van der Waals surface area contributed by atoms with Gasteiger partial charge in [-0.05, 0) is 81.3 Å². The zero-order valence-corrected chi connectivity index (χ0v) is 23.9. The van der Waals surface area contributed by atoms with Crippen LogP contribution >= 0.6 is 23.2 Å². The normalized spacial score (nSPS) is 21.9. The van der Waals surface area contributed by atoms with Gasteiger partial charge in [0.25, 0.3) is 0 Å². The second kappa shape index (κ2) is 10.5. The van der Waals surface area contributed by atoms with Crippen LogP contribution in [0.15, 0.2) is 45.3 Å². The van der Waals surface area contributed by atoms with Crippen molar-refractivity contribution in [2.45, 2.75) is 76.2 Å². The highest BCUT2D eigenvalue weighted by molar-refractivity contribution is 6.39. The Hall–Kier alpha value is -3.40. The summed E-state index contributed by atoms with van der Waals surface area (Å²) in [6.45, 7) is 2.22. The van der Waals surface area contributed by atoms with E-state index in [1.165, 1.54) is 0 Å². The van der Waals surface area contributed by atoms with E-state index in [9.17, 15) is 9.90 Å². The molecule has 4 aromatic rings. The van der Waals surface area contributed by atoms with Crippen LogP contribution in [-0.2, 0) is 11.3 Å². The Morgan fingerprint density at radius 2 is 1.80 bits per heavy atom. The third-order valence-electron chi connectivity index (χ3n) is 8.46. The Labute approximate surface area is 246 Å². The first-order chi connectivity index (χ1) is 19.9. The second-order valence-electron chi connectivity index (χ2n) is 11.2. The number of ether oxygens (including phenoxy) is 1. The number of halogens is 2. The van der Waals surface area contributed by atoms with Crippen LogP contribution in [0.4, 0.5) is 6.01 Å². The summed E-state index contributed by atoms with van der Waals surface area (Å²) in [6, 6.07) is 11.3. The van der Waals surface area contributed by atoms with Crippen LogP contribution in [0.1, 0.15) is 71.7 Å². The molecule has 2 saturated heterocycles. The van der Waals surface area contributed by atoms with Gasteiger partial charge in [0, 0.05) is 34.7 Å². The standard InChI is InChI=1S/C30H28Cl2N4O5/c1-15-11-17(29(37)38)7-10-21(15)28-33-34-30(40-28)36-18-8-9-19(36)13-20(12-18)39-14-22-26(35-41-27(22)16-5-6-16)25-23(31)3-2-4-24(25)32/h2-4,7,10-11,16,18-20H,5-6,8-9,12-14H2,1H3,(H,37,38)/t18-,19+,20?. The molecule has 9 nitrogen and oxygen atoms in total. The van der Waals surface area contributed by atoms with E-state index < -0.39 is 5.97 Å². The second-order valence-corrected chi connectivity index (χ2v) is 12.0. The van der Waals surface area contributed by atoms with E-state index >= 15 is 0 Å². The molecule has 2 aromatic heterocycles. The quantitative estimate of drug-likeness (QED) is 0.224. The molecule has 2 bridgehead atoms. The molecule has 3 aliphatic rings. The van der Waals surface area contributed by atoms with Gasteiger partial charge in [-0.2, -0.15) is 0 Å². The number of benzene rings is 2. The number of fused-ring (bicyclic) bond motifs is 2. The number of carboxylic acids is 1. The first-order valence-electron chi connectivity index (χ1n) is 13.9. The minimum atomic E-state index is -0.968. The first kappa shape index (κ1) is 26.5. The van der Waals surface area contributed by atoms with E-state index in [0.29, 0.717) is 45.7 Å². The van der Waals surface area contributed by atoms with E-state index in [0.717, 1.165) is 61.0 Å². The Bertz CT molecular complexity index is 1600. The van der Waals surface area contributed by atoms with Crippen molar-refractivity contribution in [3.63, 3.8) is 0 Å². The molecule has 2 aromatic carbocycles. The number of hydrogen-bond acceptors (Lipinski definition) is 8. The lowest BCUT2D eigenvalue weighted by molar-refractivity contribution is 0.0139. The van der Waals surface area contributed by atoms with Crippen molar-refractivity contribution in [2.24, 2.45) is 0 Å². The third-order valence-corrected chi connectivity index (χ3v) is 9.09. The molecule has 3 fully saturated rings. The molecule has 4 heterocycles. The van der Waals surface area contributed by atoms with Gasteiger partial charge in [-0.25, -0.2) is 4.79 Å². The van der Waals surface area contributed by atoms with Crippen molar-refractivity contribution in [1.29, 1.82) is 0 Å². The molecule has 41 heavy (non-hydrogen) atoms. The van der Waals surface area contributed by atoms with Gasteiger partial charge in [0.2, 0.25) is 5.89 Å². The molecule has 0 amide bonds. The van der Waals surface area contributed by atoms with Gasteiger partial charge in [-0.15, -0.1) is 5.10 Å². The highest BCUT2D eigenvalue weighted by Gasteiger charge is 2.44. The molecule has 1 aliphatic carbocycles. The Kier molecular flexibility index (Phi) is 6.76. The molecule has 0 spiro atoms. The number of piperidine rings is 1. The SMILES string of the molecule is Cc1cc(C(=O)O)ccc1-c1nnc(N2[C@@H]3CC[C@H]2CC(OCc2c(-c4c(Cl)cccc4Cl)noc2C2CC2)C3)o1. The highest BCUT2D eigenvalue weighted by atomic mass is 35.5. The summed E-state index contributed by atoms with van der Waals surface area (Å²) in [4.78, 5) is 13.5. The van der Waals surface area contributed by atoms with Crippen LogP contribution in [0.25, 0.3) is 22.7 Å². The maximum Gasteiger partial charge on any atom is 0.335 e. The van der Waals surface area contributed by atoms with Crippen LogP contribution in [0.2, 0.25) is 10.0 Å². The Balaban J connectivity index is 1.07. The molecular weight excluding hydrogens is 567 g/mol. The largest absolute Gasteiger partial charge is 0.478 e. The van der Waals surface area contributed by atoms with Gasteiger partial charge < -0.3 is 23.7 Å². The topological polar surface area (TPSA) is 115 Å². The van der Waals surface area contributed by atoms with E-state index in [1.807, 2.05) is 25.1 Å². The number of aryl methyl sites for hydroxylation is 1. The fourth-order valence-electron chi connectivity index (χ4n) is 6.29. The van der Waals surface area contributed by atoms with E-state index in [4.69, 9.17) is 36.9 Å². The number of carboxylic acid groups (broad SMARTS) is 1. The number of aromatic carboxylic acids is 1. The lowest BCUT2D eigenvalue weighted by atomic mass is 10.00. The smallest absolute Gasteiger partial charge is 0.335 e. The highest BCUT2D eigenvalue weighted by Crippen LogP contribution is 2.47. The fourth-order valence-corrected chi connectivity index (χ4v) is 6.87. The van der Waals surface area contributed by atoms with Crippen LogP contribution in [0, 0.1) is 6.92 Å². The lowest BCUT2D eigenvalue weighted by Crippen LogP contribution is -2.45. The summed E-state index contributed by atoms with van der Waals surface area (Å²) in [7, 11) is 0. The minimum Gasteiger partial charge on any atom is -0.478 e. The van der Waals surface area contributed by atoms with Gasteiger partial charge in [0.05, 0.1) is 28.3 Å². The van der Waals surface area contributed by atoms with Crippen LogP contribution < -0.4 is 4.90 Å². The number of rotatable bonds is 8. The van der Waals surface area contributed by atoms with Crippen molar-refractivity contribution in [1.82, 2.24) is 15.4 Å². The molecule has 1 saturated carbocycles. The minimum absolute atomic E-state index is 0.0634. The van der Waals surface area contributed by atoms with Gasteiger partial charge in [0.15, 0.2) is 0 Å². The van der Waals surface area contributed by atoms with Crippen LogP contribution in [0.5, 0.6) is 0 Å². The Morgan fingerprint density at radius 1 is 1.07 bits per heavy atom. The van der Waals surface area contributed by atoms with Crippen molar-refractivity contribution >= 4 is 35.2 Å². The summed E-state index contributed by atoms with van der Waals surface area (Å²) >= 11 is 13.0. The summed E-state index contributed by atoms with van der Waals surface area (Å²) < 4.78 is 18.5. The van der Waals surface area contributed by atoms with E-state index in [-0.39, 0.29) is 23.8 Å². The summed E-state index contributed by atoms with van der Waals surface area (Å²) in [6.07, 6.45) is 5.95. The zero-order chi connectivity index (χ0) is 28.2. The van der Waals surface area contributed by atoms with Gasteiger partial charge >= 0.3 is 12.0 Å². The third kappa shape index (κ3) is 4.90. The lowest BCUT2D eigenvalue weighted by Gasteiger charge is -2.37. The predicted molar refractivity (Wildman–Crippen MR) is 152 cm³/mol. The average molecular weight is 595 g/mol. The zero-order valence-electron chi connectivity index (χ0n) is 22.3. The number of nitrogens with zero attached hydrogens (tertiary/aromatic N) is 4. The first-order valence-corrected chi connectivity index (χ1v) is 14.6. The number of carbonyl (C=O) groups is 1. The number of aromatic nitrogens is 3. The fraction of sp³-hybridized carbons (Fsp3) is 0.400. The maximum absolute atomic E-state index is 11.3. The van der Waals surface area contributed by atoms with Crippen molar-refractivity contribution in [2.75, 3.05) is 4.90 Å². The van der Waals surface area contributed by atoms with Gasteiger partial charge in [-0.3, -0.25) is 0 Å². The molecule has 7 rings (SSSR count). The molecule has 0 radical (unpaired) electrons. The van der Waals surface area contributed by atoms with Gasteiger partial charge in [0.1, 0.15) is 11.5 Å². The van der Waals surface area contributed by atoms with Crippen LogP contribution in [0.3, 0.4) is 0 Å². The molecular formula is C30H28Cl2N4O5. The summed E-state index contributed by atoms with van der Waals surface area (Å²) in [5.74, 6) is 0.661. The van der Waals surface area contributed by atoms with Crippen molar-refractivity contribution in [3.05, 3.63) is 68.9 Å². The Morgan fingerprint density at radius 3 is 2.46 bits per heavy atom. The van der Waals surface area contributed by atoms with Gasteiger partial charge in [-0.1, -0.05) is 39.5 Å². The predicted octanol–water partition coefficient (Wildman–Crippen LogP) is 7.30. The molecule has 3 atom stereocenters. The van der Waals surface area contributed by atoms with E-state index in [2.05, 4.69) is 20.3 Å². The monoisotopic (exact) mass is 594 g/mol. The van der Waals surface area contributed by atoms with E-state index in [1.54, 1.807) is 18.2 Å². The molecule has 11 heteroatoms. The molecule has 212 valence electrons. The summed E-state index contributed by atoms with van der Waals surface area (Å²) in [5.41, 5.74) is 4.00. The molecule has 1 unspecified atom stereocenters. The number of anilines is 1. The molecule has 2 aliphatic heterocycles. The average Bonchev–Trinajstić information content (AvgIpc) is 3.42. The number of hydrogen-bond donors (Lipinski definition) is 1. The van der Waals surface area contributed by atoms with Crippen LogP contribution in [-0.4, -0.2) is 44.6 Å². The maximum atomic E-state index is 11.3.